The maximum Gasteiger partial charge on any atom is 0.254 e. The fourth-order valence-electron chi connectivity index (χ4n) is 3.80. The molecular formula is C22H22N4O2S. The zero-order chi connectivity index (χ0) is 19.6. The molecule has 148 valence electrons. The van der Waals surface area contributed by atoms with E-state index < -0.39 is 0 Å². The Kier molecular flexibility index (Phi) is 4.99. The van der Waals surface area contributed by atoms with Crippen LogP contribution in [0.1, 0.15) is 21.6 Å². The van der Waals surface area contributed by atoms with Gasteiger partial charge in [0.25, 0.3) is 5.91 Å². The lowest BCUT2D eigenvalue weighted by atomic mass is 10.0. The predicted octanol–water partition coefficient (Wildman–Crippen LogP) is 3.24. The largest absolute Gasteiger partial charge is 0.378 e. The van der Waals surface area contributed by atoms with Crippen LogP contribution in [0.25, 0.3) is 11.1 Å². The number of fused-ring (bicyclic) bond motifs is 1. The zero-order valence-electron chi connectivity index (χ0n) is 16.1. The second-order valence-corrected chi connectivity index (χ2v) is 8.09. The smallest absolute Gasteiger partial charge is 0.254 e. The highest BCUT2D eigenvalue weighted by Gasteiger charge is 2.24. The Balaban J connectivity index is 1.32. The summed E-state index contributed by atoms with van der Waals surface area (Å²) in [6.07, 6.45) is 2.71. The highest BCUT2D eigenvalue weighted by molar-refractivity contribution is 7.08. The number of carbonyl (C=O) groups is 1. The van der Waals surface area contributed by atoms with Gasteiger partial charge in [0.2, 0.25) is 5.95 Å². The summed E-state index contributed by atoms with van der Waals surface area (Å²) in [5, 5.41) is 4.18. The minimum absolute atomic E-state index is 0.0547. The Hall–Kier alpha value is -2.77. The molecular weight excluding hydrogens is 384 g/mol. The molecule has 5 rings (SSSR count). The second kappa shape index (κ2) is 7.93. The number of ether oxygens (including phenoxy) is 1. The van der Waals surface area contributed by atoms with Gasteiger partial charge in [0.05, 0.1) is 25.5 Å². The molecule has 7 heteroatoms. The Bertz CT molecular complexity index is 998. The molecule has 0 spiro atoms. The van der Waals surface area contributed by atoms with Gasteiger partial charge in [0, 0.05) is 31.4 Å². The van der Waals surface area contributed by atoms with Crippen LogP contribution in [0.3, 0.4) is 0 Å². The predicted molar refractivity (Wildman–Crippen MR) is 113 cm³/mol. The number of benzene rings is 1. The third-order valence-electron chi connectivity index (χ3n) is 5.50. The maximum atomic E-state index is 13.1. The van der Waals surface area contributed by atoms with Crippen LogP contribution in [0, 0.1) is 0 Å². The highest BCUT2D eigenvalue weighted by atomic mass is 32.1. The van der Waals surface area contributed by atoms with Crippen LogP contribution < -0.4 is 4.90 Å². The minimum Gasteiger partial charge on any atom is -0.378 e. The number of aromatic nitrogens is 2. The Morgan fingerprint density at radius 2 is 1.86 bits per heavy atom. The molecule has 0 N–H and O–H groups in total. The SMILES string of the molecule is O=C(c1ccc(-c2ccsc2)cc1)N1CCc2cnc(N3CCOCC3)nc2C1. The number of thiophene rings is 1. The van der Waals surface area contributed by atoms with Crippen LogP contribution in [0.4, 0.5) is 5.95 Å². The topological polar surface area (TPSA) is 58.6 Å². The number of anilines is 1. The molecule has 1 fully saturated rings. The normalized spacial score (nSPS) is 16.6. The summed E-state index contributed by atoms with van der Waals surface area (Å²) < 4.78 is 5.41. The van der Waals surface area contributed by atoms with E-state index in [-0.39, 0.29) is 5.91 Å². The molecule has 0 atom stereocenters. The molecule has 6 nitrogen and oxygen atoms in total. The van der Waals surface area contributed by atoms with E-state index in [4.69, 9.17) is 9.72 Å². The van der Waals surface area contributed by atoms with Gasteiger partial charge in [-0.05, 0) is 52.1 Å². The minimum atomic E-state index is 0.0547. The van der Waals surface area contributed by atoms with Crippen molar-refractivity contribution in [2.45, 2.75) is 13.0 Å². The van der Waals surface area contributed by atoms with Gasteiger partial charge in [-0.3, -0.25) is 4.79 Å². The summed E-state index contributed by atoms with van der Waals surface area (Å²) in [5.74, 6) is 0.792. The van der Waals surface area contributed by atoms with E-state index in [1.165, 1.54) is 5.56 Å². The maximum absolute atomic E-state index is 13.1. The lowest BCUT2D eigenvalue weighted by Crippen LogP contribution is -2.39. The first-order chi connectivity index (χ1) is 14.3. The summed E-state index contributed by atoms with van der Waals surface area (Å²) >= 11 is 1.67. The first-order valence-corrected chi connectivity index (χ1v) is 10.8. The van der Waals surface area contributed by atoms with E-state index in [0.29, 0.717) is 26.3 Å². The van der Waals surface area contributed by atoms with E-state index in [2.05, 4.69) is 26.7 Å². The van der Waals surface area contributed by atoms with Crippen LogP contribution in [0.2, 0.25) is 0 Å². The number of carbonyl (C=O) groups excluding carboxylic acids is 1. The van der Waals surface area contributed by atoms with Crippen LogP contribution in [0.5, 0.6) is 0 Å². The Labute approximate surface area is 173 Å². The number of hydrogen-bond donors (Lipinski definition) is 0. The molecule has 1 aromatic carbocycles. The first-order valence-electron chi connectivity index (χ1n) is 9.87. The summed E-state index contributed by atoms with van der Waals surface area (Å²) in [7, 11) is 0. The van der Waals surface area contributed by atoms with Gasteiger partial charge in [-0.25, -0.2) is 9.97 Å². The van der Waals surface area contributed by atoms with Crippen LogP contribution in [-0.2, 0) is 17.7 Å². The van der Waals surface area contributed by atoms with Crippen molar-refractivity contribution in [1.82, 2.24) is 14.9 Å². The van der Waals surface area contributed by atoms with Gasteiger partial charge >= 0.3 is 0 Å². The summed E-state index contributed by atoms with van der Waals surface area (Å²) in [5.41, 5.74) is 5.13. The third-order valence-corrected chi connectivity index (χ3v) is 6.18. The second-order valence-electron chi connectivity index (χ2n) is 7.31. The molecule has 1 amide bonds. The van der Waals surface area contributed by atoms with Crippen LogP contribution in [-0.4, -0.2) is 53.6 Å². The van der Waals surface area contributed by atoms with E-state index in [1.54, 1.807) is 11.3 Å². The van der Waals surface area contributed by atoms with E-state index in [9.17, 15) is 4.79 Å². The molecule has 0 bridgehead atoms. The standard InChI is InChI=1S/C22H22N4O2S/c27-21(17-3-1-16(2-4-17)19-6-12-29-15-19)26-7-5-18-13-23-22(24-20(18)14-26)25-8-10-28-11-9-25/h1-4,6,12-13,15H,5,7-11,14H2. The lowest BCUT2D eigenvalue weighted by Gasteiger charge is -2.30. The number of morpholine rings is 1. The van der Waals surface area contributed by atoms with Gasteiger partial charge in [-0.1, -0.05) is 12.1 Å². The number of amides is 1. The molecule has 2 aliphatic heterocycles. The van der Waals surface area contributed by atoms with Gasteiger partial charge in [0.15, 0.2) is 0 Å². The fourth-order valence-corrected chi connectivity index (χ4v) is 4.46. The molecule has 0 aliphatic carbocycles. The molecule has 29 heavy (non-hydrogen) atoms. The van der Waals surface area contributed by atoms with Crippen molar-refractivity contribution < 1.29 is 9.53 Å². The Morgan fingerprint density at radius 3 is 2.62 bits per heavy atom. The number of nitrogens with zero attached hydrogens (tertiary/aromatic N) is 4. The van der Waals surface area contributed by atoms with Crippen molar-refractivity contribution in [1.29, 1.82) is 0 Å². The average molecular weight is 407 g/mol. The number of hydrogen-bond acceptors (Lipinski definition) is 6. The van der Waals surface area contributed by atoms with Crippen molar-refractivity contribution in [3.63, 3.8) is 0 Å². The van der Waals surface area contributed by atoms with Gasteiger partial charge < -0.3 is 14.5 Å². The molecule has 0 radical (unpaired) electrons. The van der Waals surface area contributed by atoms with Crippen molar-refractivity contribution in [2.24, 2.45) is 0 Å². The lowest BCUT2D eigenvalue weighted by molar-refractivity contribution is 0.0731. The summed E-state index contributed by atoms with van der Waals surface area (Å²) in [6.45, 7) is 4.23. The van der Waals surface area contributed by atoms with Crippen LogP contribution >= 0.6 is 11.3 Å². The van der Waals surface area contributed by atoms with Crippen molar-refractivity contribution in [3.05, 3.63) is 64.1 Å². The van der Waals surface area contributed by atoms with E-state index in [0.717, 1.165) is 47.8 Å². The Morgan fingerprint density at radius 1 is 1.03 bits per heavy atom. The molecule has 0 saturated carbocycles. The van der Waals surface area contributed by atoms with E-state index >= 15 is 0 Å². The quantitative estimate of drug-likeness (QED) is 0.668. The highest BCUT2D eigenvalue weighted by Crippen LogP contribution is 2.24. The summed E-state index contributed by atoms with van der Waals surface area (Å²) in [4.78, 5) is 26.4. The average Bonchev–Trinajstić information content (AvgIpc) is 3.33. The molecule has 2 aromatic heterocycles. The molecule has 4 heterocycles. The third kappa shape index (κ3) is 3.75. The first kappa shape index (κ1) is 18.3. The van der Waals surface area contributed by atoms with Gasteiger partial charge in [-0.15, -0.1) is 0 Å². The zero-order valence-corrected chi connectivity index (χ0v) is 16.9. The molecule has 2 aliphatic rings. The monoisotopic (exact) mass is 406 g/mol. The van der Waals surface area contributed by atoms with Gasteiger partial charge in [-0.2, -0.15) is 11.3 Å². The van der Waals surface area contributed by atoms with Crippen molar-refractivity contribution in [2.75, 3.05) is 37.7 Å². The summed E-state index contributed by atoms with van der Waals surface area (Å²) in [6, 6.07) is 9.97. The molecule has 3 aromatic rings. The van der Waals surface area contributed by atoms with Crippen molar-refractivity contribution in [3.8, 4) is 11.1 Å². The fraction of sp³-hybridized carbons (Fsp3) is 0.318. The van der Waals surface area contributed by atoms with Gasteiger partial charge in [0.1, 0.15) is 0 Å². The van der Waals surface area contributed by atoms with Crippen molar-refractivity contribution >= 4 is 23.2 Å². The van der Waals surface area contributed by atoms with E-state index in [1.807, 2.05) is 35.4 Å². The van der Waals surface area contributed by atoms with Crippen LogP contribution in [0.15, 0.2) is 47.3 Å². The molecule has 0 unspecified atom stereocenters. The molecule has 1 saturated heterocycles. The number of rotatable bonds is 3.